The molecule has 106 valence electrons. The van der Waals surface area contributed by atoms with Crippen LogP contribution in [0.4, 0.5) is 0 Å². The highest BCUT2D eigenvalue weighted by molar-refractivity contribution is 5.28. The van der Waals surface area contributed by atoms with Gasteiger partial charge in [0.25, 0.3) is 0 Å². The van der Waals surface area contributed by atoms with Crippen LogP contribution in [-0.4, -0.2) is 6.04 Å². The quantitative estimate of drug-likeness (QED) is 0.832. The lowest BCUT2D eigenvalue weighted by atomic mass is 9.78. The highest BCUT2D eigenvalue weighted by Gasteiger charge is 2.26. The van der Waals surface area contributed by atoms with Crippen molar-refractivity contribution in [1.82, 2.24) is 5.32 Å². The summed E-state index contributed by atoms with van der Waals surface area (Å²) in [6.07, 6.45) is 5.58. The molecule has 1 aliphatic rings. The molecule has 0 spiro atoms. The summed E-state index contributed by atoms with van der Waals surface area (Å²) in [6, 6.07) is 7.59. The number of aryl methyl sites for hydroxylation is 2. The summed E-state index contributed by atoms with van der Waals surface area (Å²) in [7, 11) is 0. The van der Waals surface area contributed by atoms with E-state index in [1.807, 2.05) is 0 Å². The van der Waals surface area contributed by atoms with E-state index in [0.29, 0.717) is 0 Å². The van der Waals surface area contributed by atoms with E-state index in [-0.39, 0.29) is 0 Å². The standard InChI is InChI=1S/C18H29N/c1-13(2)17-7-5-6-8-18(17)19-12-16-10-14(3)9-15(4)11-16/h9-11,13,17-19H,5-8,12H2,1-4H3. The molecule has 1 aliphatic carbocycles. The summed E-state index contributed by atoms with van der Waals surface area (Å²) in [5, 5.41) is 3.82. The Bertz CT molecular complexity index is 388. The Kier molecular flexibility index (Phi) is 5.04. The first kappa shape index (κ1) is 14.6. The van der Waals surface area contributed by atoms with Gasteiger partial charge in [0.2, 0.25) is 0 Å². The molecule has 0 aromatic heterocycles. The van der Waals surface area contributed by atoms with Crippen molar-refractivity contribution in [1.29, 1.82) is 0 Å². The molecule has 1 heteroatoms. The van der Waals surface area contributed by atoms with Crippen LogP contribution >= 0.6 is 0 Å². The molecule has 1 saturated carbocycles. The maximum atomic E-state index is 3.82. The first-order valence-corrected chi connectivity index (χ1v) is 7.87. The van der Waals surface area contributed by atoms with Crippen molar-refractivity contribution in [2.45, 2.75) is 66.0 Å². The van der Waals surface area contributed by atoms with Crippen LogP contribution in [0, 0.1) is 25.7 Å². The fourth-order valence-electron chi connectivity index (χ4n) is 3.63. The molecule has 2 atom stereocenters. The highest BCUT2D eigenvalue weighted by atomic mass is 14.9. The third kappa shape index (κ3) is 4.07. The van der Waals surface area contributed by atoms with Crippen LogP contribution in [-0.2, 0) is 6.54 Å². The van der Waals surface area contributed by atoms with Crippen LogP contribution in [0.15, 0.2) is 18.2 Å². The fraction of sp³-hybridized carbons (Fsp3) is 0.667. The van der Waals surface area contributed by atoms with Gasteiger partial charge in [-0.1, -0.05) is 56.0 Å². The second-order valence-corrected chi connectivity index (χ2v) is 6.68. The molecule has 0 bridgehead atoms. The number of benzene rings is 1. The van der Waals surface area contributed by atoms with Crippen molar-refractivity contribution in [3.8, 4) is 0 Å². The predicted octanol–water partition coefficient (Wildman–Crippen LogP) is 4.61. The minimum Gasteiger partial charge on any atom is -0.310 e. The zero-order chi connectivity index (χ0) is 13.8. The highest BCUT2D eigenvalue weighted by Crippen LogP contribution is 2.30. The molecule has 1 nitrogen and oxygen atoms in total. The minimum atomic E-state index is 0.717. The normalized spacial score (nSPS) is 23.8. The van der Waals surface area contributed by atoms with E-state index in [2.05, 4.69) is 51.2 Å². The summed E-state index contributed by atoms with van der Waals surface area (Å²) in [4.78, 5) is 0. The lowest BCUT2D eigenvalue weighted by Gasteiger charge is -2.35. The average Bonchev–Trinajstić information content (AvgIpc) is 2.35. The van der Waals surface area contributed by atoms with E-state index in [4.69, 9.17) is 0 Å². The van der Waals surface area contributed by atoms with Gasteiger partial charge in [-0.15, -0.1) is 0 Å². The molecular weight excluding hydrogens is 230 g/mol. The van der Waals surface area contributed by atoms with Gasteiger partial charge in [-0.05, 0) is 44.1 Å². The monoisotopic (exact) mass is 259 g/mol. The van der Waals surface area contributed by atoms with E-state index >= 15 is 0 Å². The average molecular weight is 259 g/mol. The molecule has 2 rings (SSSR count). The minimum absolute atomic E-state index is 0.717. The maximum Gasteiger partial charge on any atom is 0.0208 e. The van der Waals surface area contributed by atoms with Crippen molar-refractivity contribution in [2.24, 2.45) is 11.8 Å². The van der Waals surface area contributed by atoms with Crippen molar-refractivity contribution in [2.75, 3.05) is 0 Å². The smallest absolute Gasteiger partial charge is 0.0208 e. The molecule has 0 saturated heterocycles. The van der Waals surface area contributed by atoms with Crippen LogP contribution in [0.25, 0.3) is 0 Å². The third-order valence-electron chi connectivity index (χ3n) is 4.53. The van der Waals surface area contributed by atoms with E-state index in [9.17, 15) is 0 Å². The van der Waals surface area contributed by atoms with E-state index in [0.717, 1.165) is 24.4 Å². The summed E-state index contributed by atoms with van der Waals surface area (Å²) < 4.78 is 0. The molecule has 1 aromatic rings. The Morgan fingerprint density at radius 2 is 1.68 bits per heavy atom. The third-order valence-corrected chi connectivity index (χ3v) is 4.53. The van der Waals surface area contributed by atoms with Gasteiger partial charge in [-0.3, -0.25) is 0 Å². The van der Waals surface area contributed by atoms with E-state index in [1.54, 1.807) is 0 Å². The van der Waals surface area contributed by atoms with Crippen LogP contribution in [0.5, 0.6) is 0 Å². The molecule has 1 aromatic carbocycles. The lowest BCUT2D eigenvalue weighted by molar-refractivity contribution is 0.204. The van der Waals surface area contributed by atoms with Crippen molar-refractivity contribution < 1.29 is 0 Å². The van der Waals surface area contributed by atoms with Gasteiger partial charge in [-0.2, -0.15) is 0 Å². The summed E-state index contributed by atoms with van der Waals surface area (Å²) in [5.74, 6) is 1.66. The Balaban J connectivity index is 1.96. The largest absolute Gasteiger partial charge is 0.310 e. The van der Waals surface area contributed by atoms with Gasteiger partial charge >= 0.3 is 0 Å². The van der Waals surface area contributed by atoms with E-state index in [1.165, 1.54) is 42.4 Å². The first-order valence-electron chi connectivity index (χ1n) is 7.87. The topological polar surface area (TPSA) is 12.0 Å². The molecule has 0 heterocycles. The summed E-state index contributed by atoms with van der Waals surface area (Å²) in [5.41, 5.74) is 4.19. The van der Waals surface area contributed by atoms with E-state index < -0.39 is 0 Å². The molecule has 0 amide bonds. The predicted molar refractivity (Wildman–Crippen MR) is 83.3 cm³/mol. The first-order chi connectivity index (χ1) is 9.06. The molecule has 1 N–H and O–H groups in total. The van der Waals surface area contributed by atoms with Gasteiger partial charge < -0.3 is 5.32 Å². The maximum absolute atomic E-state index is 3.82. The van der Waals surface area contributed by atoms with Gasteiger partial charge in [0.15, 0.2) is 0 Å². The zero-order valence-corrected chi connectivity index (χ0v) is 13.0. The van der Waals surface area contributed by atoms with Crippen LogP contribution in [0.3, 0.4) is 0 Å². The SMILES string of the molecule is Cc1cc(C)cc(CNC2CCCCC2C(C)C)c1. The molecule has 0 radical (unpaired) electrons. The van der Waals surface area contributed by atoms with Crippen molar-refractivity contribution in [3.63, 3.8) is 0 Å². The van der Waals surface area contributed by atoms with Crippen LogP contribution in [0.2, 0.25) is 0 Å². The lowest BCUT2D eigenvalue weighted by Crippen LogP contribution is -2.40. The summed E-state index contributed by atoms with van der Waals surface area (Å²) >= 11 is 0. The van der Waals surface area contributed by atoms with Gasteiger partial charge in [0.1, 0.15) is 0 Å². The van der Waals surface area contributed by atoms with Crippen molar-refractivity contribution in [3.05, 3.63) is 34.9 Å². The fourth-order valence-corrected chi connectivity index (χ4v) is 3.63. The van der Waals surface area contributed by atoms with Crippen LogP contribution < -0.4 is 5.32 Å². The second kappa shape index (κ2) is 6.56. The number of rotatable bonds is 4. The Morgan fingerprint density at radius 1 is 1.05 bits per heavy atom. The molecular formula is C18H29N. The van der Waals surface area contributed by atoms with Gasteiger partial charge in [-0.25, -0.2) is 0 Å². The molecule has 2 unspecified atom stereocenters. The van der Waals surface area contributed by atoms with Crippen molar-refractivity contribution >= 4 is 0 Å². The second-order valence-electron chi connectivity index (χ2n) is 6.68. The molecule has 1 fully saturated rings. The Labute approximate surface area is 118 Å². The Hall–Kier alpha value is -0.820. The van der Waals surface area contributed by atoms with Gasteiger partial charge in [0.05, 0.1) is 0 Å². The number of nitrogens with one attached hydrogen (secondary N) is 1. The van der Waals surface area contributed by atoms with Crippen LogP contribution in [0.1, 0.15) is 56.2 Å². The number of hydrogen-bond acceptors (Lipinski definition) is 1. The summed E-state index contributed by atoms with van der Waals surface area (Å²) in [6.45, 7) is 10.2. The molecule has 19 heavy (non-hydrogen) atoms. The zero-order valence-electron chi connectivity index (χ0n) is 13.0. The number of hydrogen-bond donors (Lipinski definition) is 1. The Morgan fingerprint density at radius 3 is 2.32 bits per heavy atom. The van der Waals surface area contributed by atoms with Gasteiger partial charge in [0, 0.05) is 12.6 Å². The molecule has 0 aliphatic heterocycles.